The second kappa shape index (κ2) is 6.97. The molecule has 0 unspecified atom stereocenters. The van der Waals surface area contributed by atoms with Crippen molar-refractivity contribution < 1.29 is 9.53 Å². The van der Waals surface area contributed by atoms with E-state index in [1.54, 1.807) is 6.07 Å². The van der Waals surface area contributed by atoms with Crippen LogP contribution in [0.4, 0.5) is 0 Å². The molecule has 0 spiro atoms. The van der Waals surface area contributed by atoms with Gasteiger partial charge in [0.15, 0.2) is 5.82 Å². The van der Waals surface area contributed by atoms with Gasteiger partial charge in [0, 0.05) is 5.56 Å². The molecule has 0 N–H and O–H groups in total. The molecule has 0 aliphatic carbocycles. The van der Waals surface area contributed by atoms with Gasteiger partial charge in [-0.15, -0.1) is 16.4 Å². The van der Waals surface area contributed by atoms with Crippen LogP contribution in [0.1, 0.15) is 29.1 Å². The molecule has 0 fully saturated rings. The predicted molar refractivity (Wildman–Crippen MR) is 94.6 cm³/mol. The Bertz CT molecular complexity index is 838. The standard InChI is InChI=1S/C18H19N3O2S/c1-12(2)11-23-18-19-16(14-8-5-4-7-13(14)3)21(20-18)17(22)15-9-6-10-24-15/h4-10,12H,11H2,1-3H3. The maximum atomic E-state index is 12.8. The summed E-state index contributed by atoms with van der Waals surface area (Å²) < 4.78 is 6.96. The Balaban J connectivity index is 2.05. The molecule has 0 bridgehead atoms. The summed E-state index contributed by atoms with van der Waals surface area (Å²) in [5.74, 6) is 0.660. The van der Waals surface area contributed by atoms with E-state index in [4.69, 9.17) is 4.74 Å². The molecule has 0 saturated carbocycles. The zero-order chi connectivity index (χ0) is 17.1. The molecule has 24 heavy (non-hydrogen) atoms. The lowest BCUT2D eigenvalue weighted by Gasteiger charge is -2.05. The molecule has 0 saturated heterocycles. The molecular formula is C18H19N3O2S. The summed E-state index contributed by atoms with van der Waals surface area (Å²) in [5.41, 5.74) is 1.90. The highest BCUT2D eigenvalue weighted by Crippen LogP contribution is 2.25. The summed E-state index contributed by atoms with van der Waals surface area (Å²) in [6, 6.07) is 11.7. The molecule has 0 amide bonds. The Morgan fingerprint density at radius 2 is 2.04 bits per heavy atom. The largest absolute Gasteiger partial charge is 0.462 e. The summed E-state index contributed by atoms with van der Waals surface area (Å²) in [4.78, 5) is 17.9. The minimum absolute atomic E-state index is 0.199. The lowest BCUT2D eigenvalue weighted by atomic mass is 10.1. The molecule has 1 aromatic carbocycles. The van der Waals surface area contributed by atoms with E-state index >= 15 is 0 Å². The van der Waals surface area contributed by atoms with Crippen molar-refractivity contribution in [2.75, 3.05) is 6.61 Å². The SMILES string of the molecule is Cc1ccccc1-c1nc(OCC(C)C)nn1C(=O)c1cccs1. The average molecular weight is 341 g/mol. The van der Waals surface area contributed by atoms with Gasteiger partial charge in [-0.3, -0.25) is 4.79 Å². The molecule has 3 rings (SSSR count). The summed E-state index contributed by atoms with van der Waals surface area (Å²) in [6.07, 6.45) is 0. The van der Waals surface area contributed by atoms with Crippen LogP contribution < -0.4 is 4.74 Å². The third-order valence-corrected chi connectivity index (χ3v) is 4.30. The highest BCUT2D eigenvalue weighted by Gasteiger charge is 2.21. The minimum Gasteiger partial charge on any atom is -0.462 e. The van der Waals surface area contributed by atoms with Crippen LogP contribution in [-0.4, -0.2) is 27.3 Å². The molecule has 2 aromatic heterocycles. The quantitative estimate of drug-likeness (QED) is 0.703. The molecule has 0 radical (unpaired) electrons. The summed E-state index contributed by atoms with van der Waals surface area (Å²) in [7, 11) is 0. The number of aryl methyl sites for hydroxylation is 1. The zero-order valence-corrected chi connectivity index (χ0v) is 14.7. The second-order valence-corrected chi connectivity index (χ2v) is 6.88. The van der Waals surface area contributed by atoms with E-state index in [0.717, 1.165) is 11.1 Å². The first kappa shape index (κ1) is 16.4. The first-order chi connectivity index (χ1) is 11.6. The summed E-state index contributed by atoms with van der Waals surface area (Å²) in [5, 5.41) is 6.16. The van der Waals surface area contributed by atoms with Crippen LogP contribution in [-0.2, 0) is 0 Å². The number of hydrogen-bond donors (Lipinski definition) is 0. The van der Waals surface area contributed by atoms with Crippen molar-refractivity contribution in [1.29, 1.82) is 0 Å². The number of benzene rings is 1. The monoisotopic (exact) mass is 341 g/mol. The number of nitrogens with zero attached hydrogens (tertiary/aromatic N) is 3. The Labute approximate surface area is 144 Å². The fraction of sp³-hybridized carbons (Fsp3) is 0.278. The number of ether oxygens (including phenoxy) is 1. The van der Waals surface area contributed by atoms with Crippen molar-refractivity contribution in [3.63, 3.8) is 0 Å². The van der Waals surface area contributed by atoms with Crippen LogP contribution in [0, 0.1) is 12.8 Å². The molecular weight excluding hydrogens is 322 g/mol. The molecule has 5 nitrogen and oxygen atoms in total. The molecule has 2 heterocycles. The Kier molecular flexibility index (Phi) is 4.76. The molecule has 6 heteroatoms. The van der Waals surface area contributed by atoms with Gasteiger partial charge in [0.05, 0.1) is 11.5 Å². The number of carbonyl (C=O) groups excluding carboxylic acids is 1. The van der Waals surface area contributed by atoms with E-state index in [1.807, 2.05) is 42.6 Å². The number of rotatable bonds is 5. The molecule has 0 aliphatic rings. The number of aromatic nitrogens is 3. The van der Waals surface area contributed by atoms with E-state index in [2.05, 4.69) is 23.9 Å². The molecule has 0 atom stereocenters. The fourth-order valence-corrected chi connectivity index (χ4v) is 2.89. The van der Waals surface area contributed by atoms with Crippen molar-refractivity contribution in [2.24, 2.45) is 5.92 Å². The summed E-state index contributed by atoms with van der Waals surface area (Å²) >= 11 is 1.38. The molecule has 0 aliphatic heterocycles. The number of hydrogen-bond acceptors (Lipinski definition) is 5. The van der Waals surface area contributed by atoms with Crippen molar-refractivity contribution in [1.82, 2.24) is 14.8 Å². The van der Waals surface area contributed by atoms with Crippen LogP contribution in [0.3, 0.4) is 0 Å². The van der Waals surface area contributed by atoms with Gasteiger partial charge in [-0.2, -0.15) is 9.67 Å². The highest BCUT2D eigenvalue weighted by atomic mass is 32.1. The maximum absolute atomic E-state index is 12.8. The van der Waals surface area contributed by atoms with Gasteiger partial charge in [-0.1, -0.05) is 44.2 Å². The van der Waals surface area contributed by atoms with Crippen molar-refractivity contribution in [3.05, 3.63) is 52.2 Å². The first-order valence-corrected chi connectivity index (χ1v) is 8.68. The highest BCUT2D eigenvalue weighted by molar-refractivity contribution is 7.12. The van der Waals surface area contributed by atoms with Crippen molar-refractivity contribution in [2.45, 2.75) is 20.8 Å². The smallest absolute Gasteiger partial charge is 0.336 e. The lowest BCUT2D eigenvalue weighted by Crippen LogP contribution is -2.14. The van der Waals surface area contributed by atoms with E-state index in [-0.39, 0.29) is 11.9 Å². The minimum atomic E-state index is -0.199. The van der Waals surface area contributed by atoms with Crippen LogP contribution in [0.15, 0.2) is 41.8 Å². The van der Waals surface area contributed by atoms with Gasteiger partial charge in [0.1, 0.15) is 0 Å². The maximum Gasteiger partial charge on any atom is 0.336 e. The average Bonchev–Trinajstić information content (AvgIpc) is 3.22. The zero-order valence-electron chi connectivity index (χ0n) is 13.9. The van der Waals surface area contributed by atoms with Crippen LogP contribution in [0.5, 0.6) is 6.01 Å². The Hall–Kier alpha value is -2.47. The van der Waals surface area contributed by atoms with E-state index in [1.165, 1.54) is 16.0 Å². The second-order valence-electron chi connectivity index (χ2n) is 5.93. The van der Waals surface area contributed by atoms with Gasteiger partial charge >= 0.3 is 6.01 Å². The van der Waals surface area contributed by atoms with Gasteiger partial charge in [0.2, 0.25) is 0 Å². The van der Waals surface area contributed by atoms with E-state index in [0.29, 0.717) is 23.2 Å². The van der Waals surface area contributed by atoms with Gasteiger partial charge in [-0.05, 0) is 29.9 Å². The molecule has 124 valence electrons. The fourth-order valence-electron chi connectivity index (χ4n) is 2.24. The van der Waals surface area contributed by atoms with Gasteiger partial charge in [-0.25, -0.2) is 0 Å². The molecule has 3 aromatic rings. The third-order valence-electron chi connectivity index (χ3n) is 3.44. The van der Waals surface area contributed by atoms with E-state index in [9.17, 15) is 4.79 Å². The topological polar surface area (TPSA) is 57.0 Å². The van der Waals surface area contributed by atoms with Crippen molar-refractivity contribution >= 4 is 17.2 Å². The van der Waals surface area contributed by atoms with Crippen LogP contribution >= 0.6 is 11.3 Å². The third kappa shape index (κ3) is 3.38. The Morgan fingerprint density at radius 3 is 2.71 bits per heavy atom. The van der Waals surface area contributed by atoms with Gasteiger partial charge in [0.25, 0.3) is 5.91 Å². The first-order valence-electron chi connectivity index (χ1n) is 7.80. The van der Waals surface area contributed by atoms with Gasteiger partial charge < -0.3 is 4.74 Å². The van der Waals surface area contributed by atoms with Crippen molar-refractivity contribution in [3.8, 4) is 17.4 Å². The normalized spacial score (nSPS) is 11.0. The number of thiophene rings is 1. The van der Waals surface area contributed by atoms with Crippen LogP contribution in [0.25, 0.3) is 11.4 Å². The van der Waals surface area contributed by atoms with E-state index < -0.39 is 0 Å². The predicted octanol–water partition coefficient (Wildman–Crippen LogP) is 4.04. The Morgan fingerprint density at radius 1 is 1.25 bits per heavy atom. The number of carbonyl (C=O) groups is 1. The summed E-state index contributed by atoms with van der Waals surface area (Å²) in [6.45, 7) is 6.59. The van der Waals surface area contributed by atoms with Crippen LogP contribution in [0.2, 0.25) is 0 Å². The lowest BCUT2D eigenvalue weighted by molar-refractivity contribution is 0.0948.